The summed E-state index contributed by atoms with van der Waals surface area (Å²) in [5, 5.41) is 10.3. The van der Waals surface area contributed by atoms with Crippen LogP contribution in [-0.2, 0) is 0 Å². The van der Waals surface area contributed by atoms with E-state index in [1.54, 1.807) is 18.3 Å². The number of fused-ring (bicyclic) bond motifs is 1. The van der Waals surface area contributed by atoms with Crippen molar-refractivity contribution in [3.05, 3.63) is 77.9 Å². The maximum Gasteiger partial charge on any atom is 0.231 e. The third-order valence-electron chi connectivity index (χ3n) is 3.92. The van der Waals surface area contributed by atoms with E-state index in [2.05, 4.69) is 9.98 Å². The second kappa shape index (κ2) is 6.24. The normalized spacial score (nSPS) is 11.4. The van der Waals surface area contributed by atoms with E-state index in [9.17, 15) is 5.11 Å². The zero-order chi connectivity index (χ0) is 17.2. The van der Waals surface area contributed by atoms with E-state index < -0.39 is 0 Å². The van der Waals surface area contributed by atoms with Gasteiger partial charge >= 0.3 is 0 Å². The van der Waals surface area contributed by atoms with E-state index >= 15 is 0 Å². The average molecular weight is 328 g/mol. The minimum absolute atomic E-state index is 0.0889. The molecule has 4 heteroatoms. The average Bonchev–Trinajstić information content (AvgIpc) is 3.03. The molecule has 0 spiro atoms. The Hall–Kier alpha value is -3.40. The van der Waals surface area contributed by atoms with Crippen molar-refractivity contribution >= 4 is 23.0 Å². The Balaban J connectivity index is 1.66. The molecule has 0 unspecified atom stereocenters. The van der Waals surface area contributed by atoms with Gasteiger partial charge in [-0.2, -0.15) is 0 Å². The number of hydrogen-bond donors (Lipinski definition) is 1. The fourth-order valence-corrected chi connectivity index (χ4v) is 2.62. The molecule has 0 fully saturated rings. The van der Waals surface area contributed by atoms with Crippen molar-refractivity contribution in [1.29, 1.82) is 0 Å². The number of hydrogen-bond acceptors (Lipinski definition) is 4. The summed E-state index contributed by atoms with van der Waals surface area (Å²) in [4.78, 5) is 8.85. The summed E-state index contributed by atoms with van der Waals surface area (Å²) >= 11 is 0. The van der Waals surface area contributed by atoms with Gasteiger partial charge < -0.3 is 9.52 Å². The standard InChI is InChI=1S/C21H16N2O2/c1-14-7-10-20-18(11-14)23-21(25-20)17-9-8-16(12-19(17)24)22-13-15-5-3-2-4-6-15/h2-13,24H,1H3. The summed E-state index contributed by atoms with van der Waals surface area (Å²) in [6.45, 7) is 2.00. The van der Waals surface area contributed by atoms with Crippen LogP contribution in [0.25, 0.3) is 22.6 Å². The van der Waals surface area contributed by atoms with Gasteiger partial charge in [0.15, 0.2) is 5.58 Å². The van der Waals surface area contributed by atoms with Gasteiger partial charge in [0.05, 0.1) is 11.3 Å². The molecular formula is C21H16N2O2. The molecule has 0 aliphatic heterocycles. The molecule has 0 aliphatic carbocycles. The van der Waals surface area contributed by atoms with Crippen molar-refractivity contribution in [2.75, 3.05) is 0 Å². The lowest BCUT2D eigenvalue weighted by atomic mass is 10.2. The van der Waals surface area contributed by atoms with Gasteiger partial charge in [-0.05, 0) is 42.3 Å². The second-order valence-electron chi connectivity index (χ2n) is 5.86. The number of aliphatic imine (C=N–C) groups is 1. The van der Waals surface area contributed by atoms with Crippen LogP contribution in [0.2, 0.25) is 0 Å². The van der Waals surface area contributed by atoms with Gasteiger partial charge in [-0.25, -0.2) is 4.98 Å². The Kier molecular flexibility index (Phi) is 3.78. The van der Waals surface area contributed by atoms with Crippen LogP contribution in [0.3, 0.4) is 0 Å². The minimum atomic E-state index is 0.0889. The van der Waals surface area contributed by atoms with Crippen LogP contribution >= 0.6 is 0 Å². The van der Waals surface area contributed by atoms with Crippen LogP contribution in [0.4, 0.5) is 5.69 Å². The van der Waals surface area contributed by atoms with Gasteiger partial charge in [-0.1, -0.05) is 36.4 Å². The summed E-state index contributed by atoms with van der Waals surface area (Å²) in [7, 11) is 0. The molecule has 0 saturated carbocycles. The number of aromatic hydroxyl groups is 1. The molecule has 4 nitrogen and oxygen atoms in total. The highest BCUT2D eigenvalue weighted by molar-refractivity contribution is 5.83. The molecule has 0 bridgehead atoms. The molecule has 4 aromatic rings. The number of nitrogens with zero attached hydrogens (tertiary/aromatic N) is 2. The highest BCUT2D eigenvalue weighted by Gasteiger charge is 2.12. The van der Waals surface area contributed by atoms with Gasteiger partial charge in [0.1, 0.15) is 11.3 Å². The van der Waals surface area contributed by atoms with Gasteiger partial charge in [-0.15, -0.1) is 0 Å². The molecule has 25 heavy (non-hydrogen) atoms. The summed E-state index contributed by atoms with van der Waals surface area (Å²) in [6, 6.07) is 20.8. The number of benzene rings is 3. The molecule has 4 rings (SSSR count). The van der Waals surface area contributed by atoms with Crippen LogP contribution in [0.5, 0.6) is 5.75 Å². The van der Waals surface area contributed by atoms with Crippen LogP contribution < -0.4 is 0 Å². The van der Waals surface area contributed by atoms with Crippen molar-refractivity contribution in [1.82, 2.24) is 4.98 Å². The summed E-state index contributed by atoms with van der Waals surface area (Å²) < 4.78 is 5.75. The predicted octanol–water partition coefficient (Wildman–Crippen LogP) is 5.26. The van der Waals surface area contributed by atoms with Crippen LogP contribution in [0, 0.1) is 6.92 Å². The third kappa shape index (κ3) is 3.15. The fraction of sp³-hybridized carbons (Fsp3) is 0.0476. The molecule has 3 aromatic carbocycles. The number of aryl methyl sites for hydroxylation is 1. The van der Waals surface area contributed by atoms with Crippen molar-refractivity contribution in [2.45, 2.75) is 6.92 Å². The quantitative estimate of drug-likeness (QED) is 0.522. The first-order chi connectivity index (χ1) is 12.2. The highest BCUT2D eigenvalue weighted by atomic mass is 16.3. The summed E-state index contributed by atoms with van der Waals surface area (Å²) in [5.74, 6) is 0.489. The maximum atomic E-state index is 10.3. The molecule has 0 amide bonds. The van der Waals surface area contributed by atoms with E-state index in [-0.39, 0.29) is 5.75 Å². The molecular weight excluding hydrogens is 312 g/mol. The maximum absolute atomic E-state index is 10.3. The predicted molar refractivity (Wildman–Crippen MR) is 99.5 cm³/mol. The molecule has 1 N–H and O–H groups in total. The lowest BCUT2D eigenvalue weighted by Gasteiger charge is -2.01. The summed E-state index contributed by atoms with van der Waals surface area (Å²) in [6.07, 6.45) is 1.76. The van der Waals surface area contributed by atoms with E-state index in [1.807, 2.05) is 61.5 Å². The molecule has 0 saturated heterocycles. The topological polar surface area (TPSA) is 58.6 Å². The lowest BCUT2D eigenvalue weighted by Crippen LogP contribution is -1.81. The zero-order valence-corrected chi connectivity index (χ0v) is 13.7. The Bertz CT molecular complexity index is 1070. The SMILES string of the molecule is Cc1ccc2oc(-c3ccc(N=Cc4ccccc4)cc3O)nc2c1. The number of oxazole rings is 1. The van der Waals surface area contributed by atoms with Gasteiger partial charge in [-0.3, -0.25) is 4.99 Å². The number of rotatable bonds is 3. The second-order valence-corrected chi connectivity index (χ2v) is 5.86. The fourth-order valence-electron chi connectivity index (χ4n) is 2.62. The first kappa shape index (κ1) is 15.1. The molecule has 0 aliphatic rings. The van der Waals surface area contributed by atoms with E-state index in [0.29, 0.717) is 22.7 Å². The van der Waals surface area contributed by atoms with Crippen molar-refractivity contribution in [3.8, 4) is 17.2 Å². The Labute approximate surface area is 145 Å². The van der Waals surface area contributed by atoms with Crippen LogP contribution in [0.1, 0.15) is 11.1 Å². The zero-order valence-electron chi connectivity index (χ0n) is 13.7. The summed E-state index contributed by atoms with van der Waals surface area (Å²) in [5.41, 5.74) is 4.80. The lowest BCUT2D eigenvalue weighted by molar-refractivity contribution is 0.474. The van der Waals surface area contributed by atoms with Gasteiger partial charge in [0, 0.05) is 12.3 Å². The van der Waals surface area contributed by atoms with Crippen molar-refractivity contribution in [2.24, 2.45) is 4.99 Å². The third-order valence-corrected chi connectivity index (χ3v) is 3.92. The largest absolute Gasteiger partial charge is 0.507 e. The van der Waals surface area contributed by atoms with E-state index in [0.717, 1.165) is 16.6 Å². The highest BCUT2D eigenvalue weighted by Crippen LogP contribution is 2.33. The molecule has 0 radical (unpaired) electrons. The first-order valence-corrected chi connectivity index (χ1v) is 7.99. The number of aromatic nitrogens is 1. The van der Waals surface area contributed by atoms with E-state index in [4.69, 9.17) is 4.42 Å². The monoisotopic (exact) mass is 328 g/mol. The van der Waals surface area contributed by atoms with Crippen LogP contribution in [-0.4, -0.2) is 16.3 Å². The molecule has 1 heterocycles. The molecule has 1 aromatic heterocycles. The number of phenols is 1. The van der Waals surface area contributed by atoms with Gasteiger partial charge in [0.2, 0.25) is 5.89 Å². The first-order valence-electron chi connectivity index (χ1n) is 7.99. The Morgan fingerprint density at radius 2 is 1.84 bits per heavy atom. The van der Waals surface area contributed by atoms with Crippen molar-refractivity contribution < 1.29 is 9.52 Å². The molecule has 0 atom stereocenters. The minimum Gasteiger partial charge on any atom is -0.507 e. The van der Waals surface area contributed by atoms with Crippen molar-refractivity contribution in [3.63, 3.8) is 0 Å². The number of phenolic OH excluding ortho intramolecular Hbond substituents is 1. The van der Waals surface area contributed by atoms with E-state index in [1.165, 1.54) is 0 Å². The smallest absolute Gasteiger partial charge is 0.231 e. The van der Waals surface area contributed by atoms with Gasteiger partial charge in [0.25, 0.3) is 0 Å². The Morgan fingerprint density at radius 3 is 2.64 bits per heavy atom. The molecule has 122 valence electrons. The van der Waals surface area contributed by atoms with Crippen LogP contribution in [0.15, 0.2) is 76.1 Å². The Morgan fingerprint density at radius 1 is 1.00 bits per heavy atom.